The predicted molar refractivity (Wildman–Crippen MR) is 113 cm³/mol. The number of nitrogens with one attached hydrogen (secondary N) is 2. The standard InChI is InChI=1S/C23H27N3O4/c1-30-20-10-6-5-9-19(20)23(29)24-14-11-21(27)26-15-12-18(13-16-26)25-22(28)17-7-3-2-4-8-17/h2-10,18H,11-16H2,1H3,(H,24,29)(H,25,28). The summed E-state index contributed by atoms with van der Waals surface area (Å²) >= 11 is 0. The summed E-state index contributed by atoms with van der Waals surface area (Å²) < 4.78 is 5.19. The largest absolute Gasteiger partial charge is 0.496 e. The van der Waals surface area contributed by atoms with Crippen LogP contribution in [0.5, 0.6) is 5.75 Å². The van der Waals surface area contributed by atoms with Gasteiger partial charge in [0.15, 0.2) is 0 Å². The second-order valence-electron chi connectivity index (χ2n) is 7.20. The van der Waals surface area contributed by atoms with E-state index in [1.54, 1.807) is 41.3 Å². The van der Waals surface area contributed by atoms with E-state index in [2.05, 4.69) is 10.6 Å². The first-order chi connectivity index (χ1) is 14.6. The first-order valence-electron chi connectivity index (χ1n) is 10.1. The van der Waals surface area contributed by atoms with Crippen LogP contribution >= 0.6 is 0 Å². The van der Waals surface area contributed by atoms with Crippen LogP contribution in [-0.2, 0) is 4.79 Å². The van der Waals surface area contributed by atoms with E-state index in [1.807, 2.05) is 18.2 Å². The number of benzene rings is 2. The van der Waals surface area contributed by atoms with Gasteiger partial charge in [-0.05, 0) is 37.1 Å². The summed E-state index contributed by atoms with van der Waals surface area (Å²) in [5.41, 5.74) is 1.09. The van der Waals surface area contributed by atoms with E-state index in [9.17, 15) is 14.4 Å². The molecule has 2 aromatic rings. The molecule has 2 N–H and O–H groups in total. The second kappa shape index (κ2) is 10.4. The molecule has 2 aromatic carbocycles. The monoisotopic (exact) mass is 409 g/mol. The number of hydrogen-bond acceptors (Lipinski definition) is 4. The Morgan fingerprint density at radius 3 is 2.33 bits per heavy atom. The van der Waals surface area contributed by atoms with Crippen LogP contribution < -0.4 is 15.4 Å². The number of methoxy groups -OCH3 is 1. The zero-order chi connectivity index (χ0) is 21.3. The van der Waals surface area contributed by atoms with Crippen molar-refractivity contribution in [1.82, 2.24) is 15.5 Å². The SMILES string of the molecule is COc1ccccc1C(=O)NCCC(=O)N1CCC(NC(=O)c2ccccc2)CC1. The van der Waals surface area contributed by atoms with E-state index in [-0.39, 0.29) is 36.7 Å². The van der Waals surface area contributed by atoms with Gasteiger partial charge in [-0.2, -0.15) is 0 Å². The Bertz CT molecular complexity index is 877. The van der Waals surface area contributed by atoms with Gasteiger partial charge >= 0.3 is 0 Å². The van der Waals surface area contributed by atoms with Crippen molar-refractivity contribution in [3.05, 3.63) is 65.7 Å². The average molecular weight is 409 g/mol. The number of amides is 3. The smallest absolute Gasteiger partial charge is 0.255 e. The molecule has 7 heteroatoms. The molecule has 1 heterocycles. The molecule has 1 aliphatic rings. The quantitative estimate of drug-likeness (QED) is 0.734. The van der Waals surface area contributed by atoms with Crippen molar-refractivity contribution in [3.63, 3.8) is 0 Å². The zero-order valence-electron chi connectivity index (χ0n) is 17.1. The zero-order valence-corrected chi connectivity index (χ0v) is 17.1. The van der Waals surface area contributed by atoms with Gasteiger partial charge in [-0.25, -0.2) is 0 Å². The summed E-state index contributed by atoms with van der Waals surface area (Å²) in [7, 11) is 1.52. The van der Waals surface area contributed by atoms with Gasteiger partial charge < -0.3 is 20.3 Å². The first-order valence-corrected chi connectivity index (χ1v) is 10.1. The number of rotatable bonds is 7. The molecule has 1 saturated heterocycles. The molecule has 30 heavy (non-hydrogen) atoms. The topological polar surface area (TPSA) is 87.7 Å². The van der Waals surface area contributed by atoms with Crippen LogP contribution in [0.15, 0.2) is 54.6 Å². The maximum absolute atomic E-state index is 12.5. The number of nitrogens with zero attached hydrogens (tertiary/aromatic N) is 1. The molecule has 158 valence electrons. The second-order valence-corrected chi connectivity index (χ2v) is 7.20. The molecule has 3 amide bonds. The molecular formula is C23H27N3O4. The Morgan fingerprint density at radius 1 is 0.967 bits per heavy atom. The van der Waals surface area contributed by atoms with Gasteiger partial charge in [-0.15, -0.1) is 0 Å². The van der Waals surface area contributed by atoms with E-state index >= 15 is 0 Å². The highest BCUT2D eigenvalue weighted by Gasteiger charge is 2.24. The van der Waals surface area contributed by atoms with Gasteiger partial charge in [0.1, 0.15) is 5.75 Å². The van der Waals surface area contributed by atoms with Gasteiger partial charge in [-0.1, -0.05) is 30.3 Å². The van der Waals surface area contributed by atoms with Gasteiger partial charge in [0.05, 0.1) is 12.7 Å². The van der Waals surface area contributed by atoms with Crippen LogP contribution in [-0.4, -0.2) is 55.4 Å². The Balaban J connectivity index is 1.39. The number of carbonyl (C=O) groups excluding carboxylic acids is 3. The Morgan fingerprint density at radius 2 is 1.63 bits per heavy atom. The minimum absolute atomic E-state index is 0.00293. The third-order valence-corrected chi connectivity index (χ3v) is 5.19. The molecule has 7 nitrogen and oxygen atoms in total. The van der Waals surface area contributed by atoms with E-state index in [0.29, 0.717) is 30.0 Å². The normalized spacial score (nSPS) is 14.1. The number of carbonyl (C=O) groups is 3. The van der Waals surface area contributed by atoms with Gasteiger partial charge in [0, 0.05) is 37.7 Å². The van der Waals surface area contributed by atoms with Crippen molar-refractivity contribution in [2.45, 2.75) is 25.3 Å². The van der Waals surface area contributed by atoms with Crippen molar-refractivity contribution < 1.29 is 19.1 Å². The maximum Gasteiger partial charge on any atom is 0.255 e. The number of hydrogen-bond donors (Lipinski definition) is 2. The van der Waals surface area contributed by atoms with Crippen molar-refractivity contribution >= 4 is 17.7 Å². The molecule has 0 aromatic heterocycles. The predicted octanol–water partition coefficient (Wildman–Crippen LogP) is 2.24. The molecule has 1 aliphatic heterocycles. The van der Waals surface area contributed by atoms with Crippen LogP contribution in [0.4, 0.5) is 0 Å². The van der Waals surface area contributed by atoms with Gasteiger partial charge in [-0.3, -0.25) is 14.4 Å². The summed E-state index contributed by atoms with van der Waals surface area (Å²) in [4.78, 5) is 38.8. The van der Waals surface area contributed by atoms with Crippen LogP contribution in [0.1, 0.15) is 40.0 Å². The first kappa shape index (κ1) is 21.4. The summed E-state index contributed by atoms with van der Waals surface area (Å²) in [6.45, 7) is 1.46. The molecule has 0 saturated carbocycles. The summed E-state index contributed by atoms with van der Waals surface area (Å²) in [5, 5.41) is 5.81. The number of para-hydroxylation sites is 1. The van der Waals surface area contributed by atoms with Crippen molar-refractivity contribution in [2.75, 3.05) is 26.7 Å². The highest BCUT2D eigenvalue weighted by Crippen LogP contribution is 2.17. The molecule has 0 unspecified atom stereocenters. The maximum atomic E-state index is 12.5. The van der Waals surface area contributed by atoms with Crippen molar-refractivity contribution in [3.8, 4) is 5.75 Å². The minimum Gasteiger partial charge on any atom is -0.496 e. The van der Waals surface area contributed by atoms with Gasteiger partial charge in [0.25, 0.3) is 11.8 Å². The van der Waals surface area contributed by atoms with E-state index < -0.39 is 0 Å². The van der Waals surface area contributed by atoms with Crippen LogP contribution in [0, 0.1) is 0 Å². The fourth-order valence-corrected chi connectivity index (χ4v) is 3.50. The fraction of sp³-hybridized carbons (Fsp3) is 0.348. The van der Waals surface area contributed by atoms with Crippen LogP contribution in [0.3, 0.4) is 0 Å². The molecule has 0 atom stereocenters. The lowest BCUT2D eigenvalue weighted by Crippen LogP contribution is -2.47. The Kier molecular flexibility index (Phi) is 7.43. The summed E-state index contributed by atoms with van der Waals surface area (Å²) in [6, 6.07) is 16.2. The van der Waals surface area contributed by atoms with Crippen molar-refractivity contribution in [1.29, 1.82) is 0 Å². The highest BCUT2D eigenvalue weighted by molar-refractivity contribution is 5.97. The highest BCUT2D eigenvalue weighted by atomic mass is 16.5. The lowest BCUT2D eigenvalue weighted by molar-refractivity contribution is -0.132. The average Bonchev–Trinajstić information content (AvgIpc) is 2.79. The molecular weight excluding hydrogens is 382 g/mol. The third-order valence-electron chi connectivity index (χ3n) is 5.19. The van der Waals surface area contributed by atoms with Gasteiger partial charge in [0.2, 0.25) is 5.91 Å². The molecule has 1 fully saturated rings. The fourth-order valence-electron chi connectivity index (χ4n) is 3.50. The number of ether oxygens (including phenoxy) is 1. The molecule has 0 spiro atoms. The van der Waals surface area contributed by atoms with E-state index in [0.717, 1.165) is 12.8 Å². The molecule has 0 bridgehead atoms. The molecule has 3 rings (SSSR count). The molecule has 0 radical (unpaired) electrons. The number of piperidine rings is 1. The lowest BCUT2D eigenvalue weighted by Gasteiger charge is -2.32. The number of likely N-dealkylation sites (tertiary alicyclic amines) is 1. The Hall–Kier alpha value is -3.35. The lowest BCUT2D eigenvalue weighted by atomic mass is 10.0. The van der Waals surface area contributed by atoms with Crippen molar-refractivity contribution in [2.24, 2.45) is 0 Å². The van der Waals surface area contributed by atoms with E-state index in [1.165, 1.54) is 7.11 Å². The summed E-state index contributed by atoms with van der Waals surface area (Å²) in [5.74, 6) is 0.158. The van der Waals surface area contributed by atoms with Crippen LogP contribution in [0.2, 0.25) is 0 Å². The molecule has 0 aliphatic carbocycles. The van der Waals surface area contributed by atoms with E-state index in [4.69, 9.17) is 4.74 Å². The Labute approximate surface area is 176 Å². The minimum atomic E-state index is -0.261. The summed E-state index contributed by atoms with van der Waals surface area (Å²) in [6.07, 6.45) is 1.68. The van der Waals surface area contributed by atoms with Crippen LogP contribution in [0.25, 0.3) is 0 Å². The third kappa shape index (κ3) is 5.59.